The van der Waals surface area contributed by atoms with Crippen molar-refractivity contribution >= 4 is 0 Å². The van der Waals surface area contributed by atoms with E-state index in [9.17, 15) is 13.2 Å². The summed E-state index contributed by atoms with van der Waals surface area (Å²) in [6.07, 6.45) is 0.165. The maximum absolute atomic E-state index is 13.0. The van der Waals surface area contributed by atoms with Crippen molar-refractivity contribution in [3.05, 3.63) is 94.5 Å². The van der Waals surface area contributed by atoms with Crippen molar-refractivity contribution in [3.63, 3.8) is 0 Å². The van der Waals surface area contributed by atoms with E-state index in [-0.39, 0.29) is 6.04 Å². The molecule has 0 saturated carbocycles. The van der Waals surface area contributed by atoms with Crippen LogP contribution in [0.5, 0.6) is 0 Å². The number of piperidine rings is 1. The number of alkyl halides is 3. The molecule has 0 spiro atoms. The highest BCUT2D eigenvalue weighted by Gasteiger charge is 2.31. The Hall–Kier alpha value is -2.59. The van der Waals surface area contributed by atoms with E-state index in [1.165, 1.54) is 46.4 Å². The van der Waals surface area contributed by atoms with Gasteiger partial charge in [-0.25, -0.2) is 0 Å². The molecule has 1 aliphatic heterocycles. The standard InChI is InChI=1S/C32H38F3N/c1-22(2)7-10-25-18-29(27-11-8-23(3)9-12-27)20-30(19-25)28-6-5-17-36(21-28)24(4)26-13-15-31(16-14-26)32(33,34)35/h8-9,11-16,18-20,22,24,28H,5-7,10,17,21H2,1-4H3. The molecule has 2 atom stereocenters. The lowest BCUT2D eigenvalue weighted by atomic mass is 9.85. The van der Waals surface area contributed by atoms with Gasteiger partial charge in [0.1, 0.15) is 0 Å². The summed E-state index contributed by atoms with van der Waals surface area (Å²) >= 11 is 0. The van der Waals surface area contributed by atoms with E-state index >= 15 is 0 Å². The van der Waals surface area contributed by atoms with Crippen LogP contribution >= 0.6 is 0 Å². The summed E-state index contributed by atoms with van der Waals surface area (Å²) < 4.78 is 39.0. The van der Waals surface area contributed by atoms with Crippen LogP contribution in [0.15, 0.2) is 66.7 Å². The van der Waals surface area contributed by atoms with E-state index in [1.807, 2.05) is 0 Å². The van der Waals surface area contributed by atoms with Gasteiger partial charge in [0.05, 0.1) is 5.56 Å². The lowest BCUT2D eigenvalue weighted by molar-refractivity contribution is -0.137. The number of rotatable bonds is 7. The molecule has 1 aliphatic rings. The maximum atomic E-state index is 13.0. The summed E-state index contributed by atoms with van der Waals surface area (Å²) in [5, 5.41) is 0. The monoisotopic (exact) mass is 493 g/mol. The molecule has 1 heterocycles. The Morgan fingerprint density at radius 3 is 2.22 bits per heavy atom. The minimum absolute atomic E-state index is 0.0794. The van der Waals surface area contributed by atoms with Gasteiger partial charge in [0.15, 0.2) is 0 Å². The highest BCUT2D eigenvalue weighted by atomic mass is 19.4. The molecule has 1 saturated heterocycles. The van der Waals surface area contributed by atoms with Crippen molar-refractivity contribution in [2.24, 2.45) is 5.92 Å². The van der Waals surface area contributed by atoms with Crippen LogP contribution in [0.25, 0.3) is 11.1 Å². The van der Waals surface area contributed by atoms with Crippen molar-refractivity contribution in [2.75, 3.05) is 13.1 Å². The molecular formula is C32H38F3N. The second kappa shape index (κ2) is 11.2. The third-order valence-corrected chi connectivity index (χ3v) is 7.60. The van der Waals surface area contributed by atoms with Crippen molar-refractivity contribution in [1.29, 1.82) is 0 Å². The van der Waals surface area contributed by atoms with Crippen LogP contribution in [0, 0.1) is 12.8 Å². The summed E-state index contributed by atoms with van der Waals surface area (Å²) in [4.78, 5) is 2.43. The fourth-order valence-electron chi connectivity index (χ4n) is 5.26. The molecule has 4 rings (SSSR count). The zero-order valence-corrected chi connectivity index (χ0v) is 21.9. The smallest absolute Gasteiger partial charge is 0.296 e. The van der Waals surface area contributed by atoms with Gasteiger partial charge in [-0.05, 0) is 97.9 Å². The van der Waals surface area contributed by atoms with Gasteiger partial charge in [-0.15, -0.1) is 0 Å². The Morgan fingerprint density at radius 2 is 1.58 bits per heavy atom. The molecule has 1 fully saturated rings. The molecular weight excluding hydrogens is 455 g/mol. The quantitative estimate of drug-likeness (QED) is 0.317. The predicted octanol–water partition coefficient (Wildman–Crippen LogP) is 9.21. The molecule has 3 aromatic rings. The molecule has 0 radical (unpaired) electrons. The molecule has 0 aromatic heterocycles. The predicted molar refractivity (Wildman–Crippen MR) is 143 cm³/mol. The van der Waals surface area contributed by atoms with Gasteiger partial charge in [-0.2, -0.15) is 13.2 Å². The van der Waals surface area contributed by atoms with E-state index in [1.54, 1.807) is 12.1 Å². The van der Waals surface area contributed by atoms with Gasteiger partial charge in [-0.3, -0.25) is 4.90 Å². The first-order chi connectivity index (χ1) is 17.1. The van der Waals surface area contributed by atoms with Gasteiger partial charge >= 0.3 is 6.18 Å². The molecule has 2 unspecified atom stereocenters. The van der Waals surface area contributed by atoms with Crippen molar-refractivity contribution in [3.8, 4) is 11.1 Å². The van der Waals surface area contributed by atoms with Crippen LogP contribution in [-0.2, 0) is 12.6 Å². The molecule has 4 heteroatoms. The summed E-state index contributed by atoms with van der Waals surface area (Å²) in [6, 6.07) is 21.6. The first-order valence-corrected chi connectivity index (χ1v) is 13.2. The molecule has 0 N–H and O–H groups in total. The zero-order chi connectivity index (χ0) is 25.9. The fraction of sp³-hybridized carbons (Fsp3) is 0.438. The lowest BCUT2D eigenvalue weighted by Gasteiger charge is -2.37. The van der Waals surface area contributed by atoms with Crippen LogP contribution in [0.1, 0.15) is 79.8 Å². The molecule has 36 heavy (non-hydrogen) atoms. The van der Waals surface area contributed by atoms with Crippen molar-refractivity contribution in [1.82, 2.24) is 4.90 Å². The number of likely N-dealkylation sites (tertiary alicyclic amines) is 1. The largest absolute Gasteiger partial charge is 0.416 e. The molecule has 3 aromatic carbocycles. The Balaban J connectivity index is 1.57. The number of benzene rings is 3. The first-order valence-electron chi connectivity index (χ1n) is 13.2. The average molecular weight is 494 g/mol. The summed E-state index contributed by atoms with van der Waals surface area (Å²) in [7, 11) is 0. The normalized spacial score (nSPS) is 17.9. The van der Waals surface area contributed by atoms with Crippen molar-refractivity contribution in [2.45, 2.75) is 71.5 Å². The van der Waals surface area contributed by atoms with E-state index in [4.69, 9.17) is 0 Å². The first kappa shape index (κ1) is 26.5. The van der Waals surface area contributed by atoms with Crippen molar-refractivity contribution < 1.29 is 13.2 Å². The van der Waals surface area contributed by atoms with Crippen LogP contribution in [0.3, 0.4) is 0 Å². The summed E-state index contributed by atoms with van der Waals surface area (Å²) in [5.41, 5.74) is 6.92. The third kappa shape index (κ3) is 6.59. The lowest BCUT2D eigenvalue weighted by Crippen LogP contribution is -2.36. The van der Waals surface area contributed by atoms with Gasteiger partial charge < -0.3 is 0 Å². The SMILES string of the molecule is Cc1ccc(-c2cc(CCC(C)C)cc(C3CCCN(C(C)c4ccc(C(F)(F)F)cc4)C3)c2)cc1. The minimum Gasteiger partial charge on any atom is -0.296 e. The summed E-state index contributed by atoms with van der Waals surface area (Å²) in [5.74, 6) is 1.07. The molecule has 0 bridgehead atoms. The number of hydrogen-bond donors (Lipinski definition) is 0. The van der Waals surface area contributed by atoms with Crippen LogP contribution in [0.2, 0.25) is 0 Å². The second-order valence-electron chi connectivity index (χ2n) is 10.9. The highest BCUT2D eigenvalue weighted by Crippen LogP contribution is 2.36. The van der Waals surface area contributed by atoms with Gasteiger partial charge in [-0.1, -0.05) is 74.0 Å². The van der Waals surface area contributed by atoms with E-state index in [0.717, 1.165) is 37.9 Å². The van der Waals surface area contributed by atoms with Crippen LogP contribution < -0.4 is 0 Å². The Labute approximate surface area is 214 Å². The Kier molecular flexibility index (Phi) is 8.24. The van der Waals surface area contributed by atoms with E-state index < -0.39 is 11.7 Å². The fourth-order valence-corrected chi connectivity index (χ4v) is 5.26. The topological polar surface area (TPSA) is 3.24 Å². The number of halogens is 3. The van der Waals surface area contributed by atoms with Crippen LogP contribution in [-0.4, -0.2) is 18.0 Å². The highest BCUT2D eigenvalue weighted by molar-refractivity contribution is 5.66. The van der Waals surface area contributed by atoms with E-state index in [2.05, 4.69) is 75.1 Å². The Morgan fingerprint density at radius 1 is 0.889 bits per heavy atom. The van der Waals surface area contributed by atoms with Gasteiger partial charge in [0, 0.05) is 12.6 Å². The molecule has 1 nitrogen and oxygen atoms in total. The summed E-state index contributed by atoms with van der Waals surface area (Å²) in [6.45, 7) is 10.7. The maximum Gasteiger partial charge on any atom is 0.416 e. The number of nitrogens with zero attached hydrogens (tertiary/aromatic N) is 1. The number of hydrogen-bond acceptors (Lipinski definition) is 1. The second-order valence-corrected chi connectivity index (χ2v) is 10.9. The minimum atomic E-state index is -4.30. The number of aryl methyl sites for hydroxylation is 2. The molecule has 192 valence electrons. The molecule has 0 amide bonds. The molecule has 0 aliphatic carbocycles. The Bertz CT molecular complexity index is 1130. The van der Waals surface area contributed by atoms with E-state index in [0.29, 0.717) is 11.8 Å². The zero-order valence-electron chi connectivity index (χ0n) is 21.9. The van der Waals surface area contributed by atoms with Crippen LogP contribution in [0.4, 0.5) is 13.2 Å². The van der Waals surface area contributed by atoms with Gasteiger partial charge in [0.2, 0.25) is 0 Å². The van der Waals surface area contributed by atoms with Gasteiger partial charge in [0.25, 0.3) is 0 Å². The average Bonchev–Trinajstić information content (AvgIpc) is 2.87. The third-order valence-electron chi connectivity index (χ3n) is 7.60.